The van der Waals surface area contributed by atoms with Gasteiger partial charge in [0, 0.05) is 18.5 Å². The molecule has 5 nitrogen and oxygen atoms in total. The molecule has 0 aromatic carbocycles. The fraction of sp³-hybridized carbons (Fsp3) is 0.308. The van der Waals surface area contributed by atoms with E-state index in [0.717, 1.165) is 24.0 Å². The summed E-state index contributed by atoms with van der Waals surface area (Å²) in [5, 5.41) is 8.31. The molecule has 0 saturated carbocycles. The van der Waals surface area contributed by atoms with Crippen LogP contribution in [-0.4, -0.2) is 24.3 Å². The molecule has 19 heavy (non-hydrogen) atoms. The second-order valence-electron chi connectivity index (χ2n) is 4.52. The number of fused-ring (bicyclic) bond motifs is 1. The third-order valence-corrected chi connectivity index (χ3v) is 3.18. The van der Waals surface area contributed by atoms with E-state index in [4.69, 9.17) is 11.6 Å². The molecule has 98 valence electrons. The molecule has 0 unspecified atom stereocenters. The van der Waals surface area contributed by atoms with E-state index in [2.05, 4.69) is 45.1 Å². The van der Waals surface area contributed by atoms with Crippen LogP contribution in [0.5, 0.6) is 0 Å². The minimum Gasteiger partial charge on any atom is -0.336 e. The van der Waals surface area contributed by atoms with E-state index in [0.29, 0.717) is 11.8 Å². The van der Waals surface area contributed by atoms with Gasteiger partial charge in [-0.3, -0.25) is 4.57 Å². The van der Waals surface area contributed by atoms with Gasteiger partial charge in [-0.25, -0.2) is 4.98 Å². The van der Waals surface area contributed by atoms with Crippen molar-refractivity contribution in [3.05, 3.63) is 41.6 Å². The maximum Gasteiger partial charge on any atom is 0.184 e. The van der Waals surface area contributed by atoms with Gasteiger partial charge >= 0.3 is 0 Å². The summed E-state index contributed by atoms with van der Waals surface area (Å²) in [5.74, 6) is 0. The van der Waals surface area contributed by atoms with Crippen LogP contribution in [0, 0.1) is 0 Å². The molecule has 0 fully saturated rings. The number of hydrogen-bond donors (Lipinski definition) is 0. The quantitative estimate of drug-likeness (QED) is 0.736. The second kappa shape index (κ2) is 5.01. The largest absolute Gasteiger partial charge is 0.336 e. The summed E-state index contributed by atoms with van der Waals surface area (Å²) in [4.78, 5) is 4.28. The zero-order chi connectivity index (χ0) is 13.2. The van der Waals surface area contributed by atoms with Crippen LogP contribution in [0.3, 0.4) is 0 Å². The molecule has 3 aromatic rings. The molecule has 0 aliphatic heterocycles. The maximum absolute atomic E-state index is 5.80. The minimum atomic E-state index is 0.365. The zero-order valence-corrected chi connectivity index (χ0v) is 11.4. The molecule has 3 heterocycles. The molecule has 0 saturated heterocycles. The van der Waals surface area contributed by atoms with Gasteiger partial charge in [-0.05, 0) is 18.1 Å². The highest BCUT2D eigenvalue weighted by Gasteiger charge is 2.06. The van der Waals surface area contributed by atoms with E-state index >= 15 is 0 Å². The average molecular weight is 276 g/mol. The van der Waals surface area contributed by atoms with Gasteiger partial charge in [0.15, 0.2) is 10.8 Å². The average Bonchev–Trinajstić information content (AvgIpc) is 2.98. The van der Waals surface area contributed by atoms with Crippen LogP contribution in [-0.2, 0) is 13.1 Å². The Hall–Kier alpha value is -1.88. The van der Waals surface area contributed by atoms with Gasteiger partial charge in [0.05, 0.1) is 6.33 Å². The highest BCUT2D eigenvalue weighted by molar-refractivity contribution is 6.29. The molecule has 6 heteroatoms. The summed E-state index contributed by atoms with van der Waals surface area (Å²) in [5.41, 5.74) is 2.86. The molecule has 0 N–H and O–H groups in total. The standard InChI is InChI=1S/C13H14ClN5/c1-2-3-10-4-5-18(7-10)9-19-8-15-11-6-12(14)16-17-13(11)19/h4-8H,2-3,9H2,1H3. The van der Waals surface area contributed by atoms with Crippen LogP contribution >= 0.6 is 11.6 Å². The van der Waals surface area contributed by atoms with Crippen LogP contribution in [0.2, 0.25) is 5.15 Å². The lowest BCUT2D eigenvalue weighted by Crippen LogP contribution is -2.05. The third kappa shape index (κ3) is 2.46. The number of aromatic nitrogens is 5. The van der Waals surface area contributed by atoms with E-state index in [1.807, 2.05) is 4.57 Å². The molecule has 3 aromatic heterocycles. The smallest absolute Gasteiger partial charge is 0.184 e. The molecule has 3 rings (SSSR count). The Morgan fingerprint density at radius 2 is 2.21 bits per heavy atom. The number of imidazole rings is 1. The van der Waals surface area contributed by atoms with Gasteiger partial charge < -0.3 is 4.57 Å². The number of nitrogens with zero attached hydrogens (tertiary/aromatic N) is 5. The van der Waals surface area contributed by atoms with Crippen molar-refractivity contribution in [1.29, 1.82) is 0 Å². The minimum absolute atomic E-state index is 0.365. The lowest BCUT2D eigenvalue weighted by molar-refractivity contribution is 0.617. The Bertz CT molecular complexity index is 700. The SMILES string of the molecule is CCCc1ccn(Cn2cnc3cc(Cl)nnc32)c1. The fourth-order valence-electron chi connectivity index (χ4n) is 2.13. The summed E-state index contributed by atoms with van der Waals surface area (Å²) in [6.07, 6.45) is 8.24. The van der Waals surface area contributed by atoms with Gasteiger partial charge in [0.25, 0.3) is 0 Å². The first-order valence-electron chi connectivity index (χ1n) is 6.25. The molecular weight excluding hydrogens is 262 g/mol. The second-order valence-corrected chi connectivity index (χ2v) is 4.90. The van der Waals surface area contributed by atoms with Gasteiger partial charge in [0.2, 0.25) is 0 Å². The van der Waals surface area contributed by atoms with Crippen molar-refractivity contribution >= 4 is 22.8 Å². The maximum atomic E-state index is 5.80. The van der Waals surface area contributed by atoms with Gasteiger partial charge in [-0.15, -0.1) is 10.2 Å². The van der Waals surface area contributed by atoms with Gasteiger partial charge in [0.1, 0.15) is 12.2 Å². The predicted octanol–water partition coefficient (Wildman–Crippen LogP) is 2.74. The van der Waals surface area contributed by atoms with E-state index in [1.54, 1.807) is 12.4 Å². The van der Waals surface area contributed by atoms with Crippen molar-refractivity contribution in [2.45, 2.75) is 26.4 Å². The number of rotatable bonds is 4. The normalized spacial score (nSPS) is 11.3. The van der Waals surface area contributed by atoms with Crippen LogP contribution in [0.25, 0.3) is 11.2 Å². The lowest BCUT2D eigenvalue weighted by atomic mass is 10.2. The Labute approximate surface area is 115 Å². The summed E-state index contributed by atoms with van der Waals surface area (Å²) in [6, 6.07) is 3.86. The summed E-state index contributed by atoms with van der Waals surface area (Å²) in [7, 11) is 0. The van der Waals surface area contributed by atoms with Crippen molar-refractivity contribution in [3.8, 4) is 0 Å². The molecule has 0 aliphatic rings. The van der Waals surface area contributed by atoms with E-state index < -0.39 is 0 Å². The Morgan fingerprint density at radius 3 is 3.05 bits per heavy atom. The monoisotopic (exact) mass is 275 g/mol. The van der Waals surface area contributed by atoms with Crippen LogP contribution in [0.1, 0.15) is 18.9 Å². The van der Waals surface area contributed by atoms with E-state index in [-0.39, 0.29) is 0 Å². The van der Waals surface area contributed by atoms with Crippen molar-refractivity contribution < 1.29 is 0 Å². The van der Waals surface area contributed by atoms with Gasteiger partial charge in [-0.2, -0.15) is 0 Å². The first-order chi connectivity index (χ1) is 9.26. The van der Waals surface area contributed by atoms with Crippen LogP contribution in [0.15, 0.2) is 30.9 Å². The predicted molar refractivity (Wildman–Crippen MR) is 74.2 cm³/mol. The van der Waals surface area contributed by atoms with E-state index in [9.17, 15) is 0 Å². The first-order valence-corrected chi connectivity index (χ1v) is 6.63. The molecule has 0 radical (unpaired) electrons. The number of halogens is 1. The topological polar surface area (TPSA) is 48.5 Å². The third-order valence-electron chi connectivity index (χ3n) is 3.00. The van der Waals surface area contributed by atoms with Crippen molar-refractivity contribution in [1.82, 2.24) is 24.3 Å². The zero-order valence-electron chi connectivity index (χ0n) is 10.6. The molecule has 0 atom stereocenters. The fourth-order valence-corrected chi connectivity index (χ4v) is 2.27. The summed E-state index contributed by atoms with van der Waals surface area (Å²) in [6.45, 7) is 2.86. The first kappa shape index (κ1) is 12.2. The molecular formula is C13H14ClN5. The molecule has 0 aliphatic carbocycles. The molecule has 0 amide bonds. The van der Waals surface area contributed by atoms with Crippen molar-refractivity contribution in [2.24, 2.45) is 0 Å². The molecule has 0 bridgehead atoms. The van der Waals surface area contributed by atoms with E-state index in [1.165, 1.54) is 5.56 Å². The number of aryl methyl sites for hydroxylation is 1. The highest BCUT2D eigenvalue weighted by Crippen LogP contribution is 2.13. The van der Waals surface area contributed by atoms with Crippen LogP contribution in [0.4, 0.5) is 0 Å². The summed E-state index contributed by atoms with van der Waals surface area (Å²) < 4.78 is 4.07. The van der Waals surface area contributed by atoms with Crippen molar-refractivity contribution in [2.75, 3.05) is 0 Å². The van der Waals surface area contributed by atoms with Gasteiger partial charge in [-0.1, -0.05) is 24.9 Å². The summed E-state index contributed by atoms with van der Waals surface area (Å²) >= 11 is 5.80. The Balaban J connectivity index is 1.88. The number of hydrogen-bond acceptors (Lipinski definition) is 3. The Morgan fingerprint density at radius 1 is 1.32 bits per heavy atom. The van der Waals surface area contributed by atoms with Crippen LogP contribution < -0.4 is 0 Å². The highest BCUT2D eigenvalue weighted by atomic mass is 35.5. The lowest BCUT2D eigenvalue weighted by Gasteiger charge is -2.04. The Kier molecular flexibility index (Phi) is 3.21. The molecule has 0 spiro atoms. The van der Waals surface area contributed by atoms with Crippen molar-refractivity contribution in [3.63, 3.8) is 0 Å².